The zero-order valence-corrected chi connectivity index (χ0v) is 14.4. The number of hydrogen-bond donors (Lipinski definition) is 0. The van der Waals surface area contributed by atoms with Gasteiger partial charge in [-0.05, 0) is 26.0 Å². The number of benzene rings is 1. The van der Waals surface area contributed by atoms with Gasteiger partial charge in [0.2, 0.25) is 11.8 Å². The summed E-state index contributed by atoms with van der Waals surface area (Å²) in [5, 5.41) is 0. The first-order valence-corrected chi connectivity index (χ1v) is 9.49. The second-order valence-corrected chi connectivity index (χ2v) is 7.61. The molecule has 2 aliphatic rings. The molecule has 3 unspecified atom stereocenters. The lowest BCUT2D eigenvalue weighted by Gasteiger charge is -2.25. The molecule has 1 fully saturated rings. The van der Waals surface area contributed by atoms with Crippen LogP contribution in [0.4, 0.5) is 5.69 Å². The molecule has 24 heavy (non-hydrogen) atoms. The Labute approximate surface area is 140 Å². The van der Waals surface area contributed by atoms with Crippen LogP contribution in [0.25, 0.3) is 0 Å². The van der Waals surface area contributed by atoms with Gasteiger partial charge in [-0.3, -0.25) is 19.1 Å². The van der Waals surface area contributed by atoms with E-state index in [4.69, 9.17) is 9.05 Å². The molecule has 2 aliphatic heterocycles. The van der Waals surface area contributed by atoms with Crippen molar-refractivity contribution in [3.63, 3.8) is 0 Å². The molecule has 7 nitrogen and oxygen atoms in total. The average Bonchev–Trinajstić information content (AvgIpc) is 3.10. The lowest BCUT2D eigenvalue weighted by atomic mass is 9.99. The van der Waals surface area contributed by atoms with Gasteiger partial charge in [0.15, 0.2) is 5.78 Å². The van der Waals surface area contributed by atoms with Crippen LogP contribution in [0.15, 0.2) is 35.3 Å². The Morgan fingerprint density at radius 2 is 1.71 bits per heavy atom. The minimum atomic E-state index is -3.62. The molecule has 0 bridgehead atoms. The standard InChI is InChI=1S/C16H19N2O5P/c1-3-22-24(21,23-4-2)14-13-12(10-17-14)15(19)18(16(13)20)11-8-6-5-7-9-11/h5-10,12-14H,3-4H2,1-2H3. The minimum absolute atomic E-state index is 0.172. The number of rotatable bonds is 6. The summed E-state index contributed by atoms with van der Waals surface area (Å²) >= 11 is 0. The fraction of sp³-hybridized carbons (Fsp3) is 0.438. The van der Waals surface area contributed by atoms with E-state index in [9.17, 15) is 14.2 Å². The van der Waals surface area contributed by atoms with E-state index in [2.05, 4.69) is 4.99 Å². The van der Waals surface area contributed by atoms with Gasteiger partial charge < -0.3 is 9.05 Å². The van der Waals surface area contributed by atoms with Crippen LogP contribution in [0, 0.1) is 11.8 Å². The van der Waals surface area contributed by atoms with Crippen molar-refractivity contribution in [1.29, 1.82) is 0 Å². The second kappa shape index (κ2) is 6.59. The SMILES string of the molecule is CCOP(=O)(OCC)C1N=CC2C(=O)N(c3ccccc3)C(=O)C21. The maximum Gasteiger partial charge on any atom is 0.355 e. The predicted molar refractivity (Wildman–Crippen MR) is 89.1 cm³/mol. The summed E-state index contributed by atoms with van der Waals surface area (Å²) in [7, 11) is -3.62. The summed E-state index contributed by atoms with van der Waals surface area (Å²) in [5.74, 6) is -3.33. The van der Waals surface area contributed by atoms with E-state index < -0.39 is 31.1 Å². The van der Waals surface area contributed by atoms with Crippen molar-refractivity contribution in [3.8, 4) is 0 Å². The van der Waals surface area contributed by atoms with Crippen molar-refractivity contribution in [2.45, 2.75) is 19.6 Å². The van der Waals surface area contributed by atoms with E-state index in [-0.39, 0.29) is 19.1 Å². The molecule has 0 N–H and O–H groups in total. The van der Waals surface area contributed by atoms with Gasteiger partial charge in [0.25, 0.3) is 0 Å². The van der Waals surface area contributed by atoms with E-state index in [0.29, 0.717) is 5.69 Å². The first-order valence-electron chi connectivity index (χ1n) is 7.88. The summed E-state index contributed by atoms with van der Waals surface area (Å²) in [6.45, 7) is 3.73. The van der Waals surface area contributed by atoms with E-state index in [1.807, 2.05) is 0 Å². The number of nitrogens with zero attached hydrogens (tertiary/aromatic N) is 2. The number of fused-ring (bicyclic) bond motifs is 1. The maximum absolute atomic E-state index is 13.0. The quantitative estimate of drug-likeness (QED) is 0.581. The molecule has 1 aromatic carbocycles. The molecule has 3 rings (SSSR count). The third kappa shape index (κ3) is 2.62. The first kappa shape index (κ1) is 17.0. The lowest BCUT2D eigenvalue weighted by Crippen LogP contribution is -2.33. The van der Waals surface area contributed by atoms with Gasteiger partial charge in [0.1, 0.15) is 0 Å². The molecule has 0 spiro atoms. The van der Waals surface area contributed by atoms with E-state index in [0.717, 1.165) is 4.90 Å². The zero-order chi connectivity index (χ0) is 17.3. The normalized spacial score (nSPS) is 26.2. The molecule has 0 radical (unpaired) electrons. The monoisotopic (exact) mass is 350 g/mol. The van der Waals surface area contributed by atoms with E-state index >= 15 is 0 Å². The fourth-order valence-corrected chi connectivity index (χ4v) is 5.16. The number of carbonyl (C=O) groups excluding carboxylic acids is 2. The highest BCUT2D eigenvalue weighted by Crippen LogP contribution is 2.60. The summed E-state index contributed by atoms with van der Waals surface area (Å²) in [4.78, 5) is 30.8. The first-order chi connectivity index (χ1) is 11.5. The van der Waals surface area contributed by atoms with Crippen molar-refractivity contribution < 1.29 is 23.2 Å². The van der Waals surface area contributed by atoms with Crippen molar-refractivity contribution in [3.05, 3.63) is 30.3 Å². The molecule has 1 aromatic rings. The Bertz CT molecular complexity index is 710. The molecule has 0 saturated carbocycles. The van der Waals surface area contributed by atoms with Crippen molar-refractivity contribution in [1.82, 2.24) is 0 Å². The minimum Gasteiger partial charge on any atom is -0.307 e. The topological polar surface area (TPSA) is 85.3 Å². The third-order valence-corrected chi connectivity index (χ3v) is 6.41. The van der Waals surface area contributed by atoms with Gasteiger partial charge in [-0.15, -0.1) is 0 Å². The molecule has 2 amide bonds. The molecular formula is C16H19N2O5P. The van der Waals surface area contributed by atoms with Crippen molar-refractivity contribution in [2.75, 3.05) is 18.1 Å². The highest BCUT2D eigenvalue weighted by molar-refractivity contribution is 7.54. The van der Waals surface area contributed by atoms with Crippen LogP contribution in [0.5, 0.6) is 0 Å². The number of imide groups is 1. The smallest absolute Gasteiger partial charge is 0.307 e. The highest BCUT2D eigenvalue weighted by Gasteiger charge is 2.59. The summed E-state index contributed by atoms with van der Waals surface area (Å²) < 4.78 is 23.7. The van der Waals surface area contributed by atoms with Gasteiger partial charge in [0.05, 0.1) is 30.7 Å². The molecule has 2 heterocycles. The van der Waals surface area contributed by atoms with Crippen LogP contribution in [0.1, 0.15) is 13.8 Å². The van der Waals surface area contributed by atoms with Gasteiger partial charge in [-0.25, -0.2) is 4.90 Å². The summed E-state index contributed by atoms with van der Waals surface area (Å²) in [5.41, 5.74) is 0.497. The molecule has 128 valence electrons. The molecular weight excluding hydrogens is 331 g/mol. The van der Waals surface area contributed by atoms with Gasteiger partial charge in [-0.1, -0.05) is 18.2 Å². The van der Waals surface area contributed by atoms with E-state index in [1.165, 1.54) is 6.21 Å². The van der Waals surface area contributed by atoms with Crippen LogP contribution < -0.4 is 4.90 Å². The Kier molecular flexibility index (Phi) is 4.67. The molecule has 0 aliphatic carbocycles. The molecule has 3 atom stereocenters. The van der Waals surface area contributed by atoms with Gasteiger partial charge in [-0.2, -0.15) is 0 Å². The molecule has 8 heteroatoms. The van der Waals surface area contributed by atoms with E-state index in [1.54, 1.807) is 44.2 Å². The Morgan fingerprint density at radius 1 is 1.08 bits per heavy atom. The largest absolute Gasteiger partial charge is 0.355 e. The van der Waals surface area contributed by atoms with Crippen LogP contribution >= 0.6 is 7.60 Å². The number of anilines is 1. The van der Waals surface area contributed by atoms with Crippen LogP contribution in [-0.2, 0) is 23.2 Å². The van der Waals surface area contributed by atoms with Crippen LogP contribution in [0.2, 0.25) is 0 Å². The van der Waals surface area contributed by atoms with Crippen molar-refractivity contribution >= 4 is 31.3 Å². The average molecular weight is 350 g/mol. The molecule has 0 aromatic heterocycles. The Morgan fingerprint density at radius 3 is 2.29 bits per heavy atom. The third-order valence-electron chi connectivity index (χ3n) is 4.08. The second-order valence-electron chi connectivity index (χ2n) is 5.49. The van der Waals surface area contributed by atoms with Gasteiger partial charge >= 0.3 is 7.60 Å². The highest BCUT2D eigenvalue weighted by atomic mass is 31.2. The summed E-state index contributed by atoms with van der Waals surface area (Å²) in [6.07, 6.45) is 1.41. The Balaban J connectivity index is 1.95. The van der Waals surface area contributed by atoms with Crippen LogP contribution in [0.3, 0.4) is 0 Å². The maximum atomic E-state index is 13.0. The molecule has 1 saturated heterocycles. The summed E-state index contributed by atoms with van der Waals surface area (Å²) in [6, 6.07) is 8.68. The predicted octanol–water partition coefficient (Wildman–Crippen LogP) is 2.47. The number of carbonyl (C=O) groups is 2. The number of aliphatic imine (C=N–C) groups is 1. The Hall–Kier alpha value is -1.82. The fourth-order valence-electron chi connectivity index (χ4n) is 3.12. The zero-order valence-electron chi connectivity index (χ0n) is 13.5. The number of amides is 2. The number of para-hydroxylation sites is 1. The lowest BCUT2D eigenvalue weighted by molar-refractivity contribution is -0.122. The van der Waals surface area contributed by atoms with Crippen LogP contribution in [-0.4, -0.2) is 37.0 Å². The van der Waals surface area contributed by atoms with Crippen molar-refractivity contribution in [2.24, 2.45) is 16.8 Å². The van der Waals surface area contributed by atoms with Gasteiger partial charge in [0, 0.05) is 6.21 Å². The number of hydrogen-bond acceptors (Lipinski definition) is 6.